The van der Waals surface area contributed by atoms with Crippen LogP contribution in [0.3, 0.4) is 0 Å². The first-order valence-electron chi connectivity index (χ1n) is 8.20. The number of nitrogens with zero attached hydrogens (tertiary/aromatic N) is 2. The van der Waals surface area contributed by atoms with Crippen molar-refractivity contribution in [2.24, 2.45) is 0 Å². The molecule has 134 valence electrons. The van der Waals surface area contributed by atoms with Crippen molar-refractivity contribution in [2.45, 2.75) is 26.3 Å². The molecule has 1 N–H and O–H groups in total. The number of amides is 3. The van der Waals surface area contributed by atoms with E-state index in [1.165, 1.54) is 0 Å². The molecule has 1 aliphatic heterocycles. The normalized spacial score (nSPS) is 19.4. The molecule has 1 atom stereocenters. The molecule has 0 aliphatic carbocycles. The fraction of sp³-hybridized carbons (Fsp3) is 0.316. The van der Waals surface area contributed by atoms with Gasteiger partial charge in [-0.05, 0) is 51.1 Å². The molecule has 1 fully saturated rings. The maximum Gasteiger partial charge on any atom is 0.325 e. The van der Waals surface area contributed by atoms with E-state index < -0.39 is 11.6 Å². The molecule has 26 heavy (non-hydrogen) atoms. The van der Waals surface area contributed by atoms with Crippen molar-refractivity contribution in [3.63, 3.8) is 0 Å². The summed E-state index contributed by atoms with van der Waals surface area (Å²) < 4.78 is 11.1. The fourth-order valence-corrected chi connectivity index (χ4v) is 3.09. The predicted octanol–water partition coefficient (Wildman–Crippen LogP) is 2.61. The molecule has 7 heteroatoms. The third kappa shape index (κ3) is 3.02. The summed E-state index contributed by atoms with van der Waals surface area (Å²) in [5.41, 5.74) is 0.0461. The van der Waals surface area contributed by atoms with Crippen molar-refractivity contribution in [2.75, 3.05) is 13.2 Å². The Morgan fingerprint density at radius 3 is 2.54 bits per heavy atom. The van der Waals surface area contributed by atoms with Gasteiger partial charge in [-0.2, -0.15) is 5.26 Å². The number of benzene rings is 1. The van der Waals surface area contributed by atoms with E-state index in [0.29, 0.717) is 28.4 Å². The Hall–Kier alpha value is -3.27. The number of rotatable bonds is 5. The Morgan fingerprint density at radius 1 is 1.27 bits per heavy atom. The van der Waals surface area contributed by atoms with Crippen molar-refractivity contribution in [3.05, 3.63) is 53.0 Å². The van der Waals surface area contributed by atoms with Gasteiger partial charge in [0, 0.05) is 5.56 Å². The standard InChI is InChI=1S/C19H19N3O4/c1-12-10-16(13(2)26-12)19(3)17(23)22(18(24)21-19)8-9-25-15-6-4-14(11-20)5-7-15/h4-7,10H,8-9H2,1-3H3,(H,21,24). The zero-order chi connectivity index (χ0) is 18.9. The van der Waals surface area contributed by atoms with E-state index in [1.54, 1.807) is 51.1 Å². The van der Waals surface area contributed by atoms with E-state index in [9.17, 15) is 9.59 Å². The number of carbonyl (C=O) groups excluding carboxylic acids is 2. The van der Waals surface area contributed by atoms with E-state index >= 15 is 0 Å². The second kappa shape index (κ2) is 6.56. The smallest absolute Gasteiger partial charge is 0.325 e. The van der Waals surface area contributed by atoms with E-state index in [4.69, 9.17) is 14.4 Å². The number of hydrogen-bond donors (Lipinski definition) is 1. The minimum absolute atomic E-state index is 0.121. The topological polar surface area (TPSA) is 95.6 Å². The average molecular weight is 353 g/mol. The highest BCUT2D eigenvalue weighted by Crippen LogP contribution is 2.32. The van der Waals surface area contributed by atoms with Gasteiger partial charge < -0.3 is 14.5 Å². The van der Waals surface area contributed by atoms with E-state index in [0.717, 1.165) is 4.90 Å². The predicted molar refractivity (Wildman–Crippen MR) is 92.4 cm³/mol. The lowest BCUT2D eigenvalue weighted by atomic mass is 9.92. The first-order chi connectivity index (χ1) is 12.3. The van der Waals surface area contributed by atoms with Crippen LogP contribution in [0.15, 0.2) is 34.7 Å². The summed E-state index contributed by atoms with van der Waals surface area (Å²) in [5, 5.41) is 11.5. The lowest BCUT2D eigenvalue weighted by Crippen LogP contribution is -2.41. The lowest BCUT2D eigenvalue weighted by Gasteiger charge is -2.21. The maximum absolute atomic E-state index is 12.8. The summed E-state index contributed by atoms with van der Waals surface area (Å²) >= 11 is 0. The van der Waals surface area contributed by atoms with Crippen LogP contribution < -0.4 is 10.1 Å². The second-order valence-corrected chi connectivity index (χ2v) is 6.32. The number of aryl methyl sites for hydroxylation is 2. The minimum Gasteiger partial charge on any atom is -0.492 e. The minimum atomic E-state index is -1.15. The molecule has 7 nitrogen and oxygen atoms in total. The highest BCUT2D eigenvalue weighted by molar-refractivity contribution is 6.07. The molecule has 3 amide bonds. The van der Waals surface area contributed by atoms with E-state index in [1.807, 2.05) is 6.07 Å². The summed E-state index contributed by atoms with van der Waals surface area (Å²) in [7, 11) is 0. The lowest BCUT2D eigenvalue weighted by molar-refractivity contribution is -0.131. The molecule has 3 rings (SSSR count). The fourth-order valence-electron chi connectivity index (χ4n) is 3.09. The molecule has 0 spiro atoms. The molecule has 1 aromatic carbocycles. The van der Waals surface area contributed by atoms with Gasteiger partial charge in [-0.3, -0.25) is 9.69 Å². The number of ether oxygens (including phenoxy) is 1. The van der Waals surface area contributed by atoms with Gasteiger partial charge in [0.2, 0.25) is 0 Å². The molecular weight excluding hydrogens is 334 g/mol. The van der Waals surface area contributed by atoms with Crippen LogP contribution in [0.2, 0.25) is 0 Å². The van der Waals surface area contributed by atoms with Crippen LogP contribution in [-0.4, -0.2) is 30.0 Å². The zero-order valence-corrected chi connectivity index (χ0v) is 14.8. The Bertz CT molecular complexity index is 894. The van der Waals surface area contributed by atoms with Crippen molar-refractivity contribution in [3.8, 4) is 11.8 Å². The summed E-state index contributed by atoms with van der Waals surface area (Å²) in [4.78, 5) is 26.3. The van der Waals surface area contributed by atoms with Gasteiger partial charge in [-0.15, -0.1) is 0 Å². The van der Waals surface area contributed by atoms with Gasteiger partial charge in [0.25, 0.3) is 5.91 Å². The van der Waals surface area contributed by atoms with Crippen LogP contribution in [0, 0.1) is 25.2 Å². The molecule has 2 heterocycles. The molecule has 2 aromatic rings. The number of hydrogen-bond acceptors (Lipinski definition) is 5. The SMILES string of the molecule is Cc1cc(C2(C)NC(=O)N(CCOc3ccc(C#N)cc3)C2=O)c(C)o1. The Morgan fingerprint density at radius 2 is 1.96 bits per heavy atom. The molecule has 0 radical (unpaired) electrons. The van der Waals surface area contributed by atoms with Crippen LogP contribution >= 0.6 is 0 Å². The van der Waals surface area contributed by atoms with E-state index in [2.05, 4.69) is 5.32 Å². The highest BCUT2D eigenvalue weighted by atomic mass is 16.5. The summed E-state index contributed by atoms with van der Waals surface area (Å²) in [5.74, 6) is 1.52. The van der Waals surface area contributed by atoms with Crippen molar-refractivity contribution in [1.82, 2.24) is 10.2 Å². The summed E-state index contributed by atoms with van der Waals surface area (Å²) in [6, 6.07) is 9.97. The summed E-state index contributed by atoms with van der Waals surface area (Å²) in [6.07, 6.45) is 0. The first kappa shape index (κ1) is 17.5. The van der Waals surface area contributed by atoms with Crippen molar-refractivity contribution in [1.29, 1.82) is 5.26 Å². The number of carbonyl (C=O) groups is 2. The van der Waals surface area contributed by atoms with Gasteiger partial charge in [-0.1, -0.05) is 0 Å². The number of imide groups is 1. The van der Waals surface area contributed by atoms with Crippen LogP contribution in [0.1, 0.15) is 29.6 Å². The van der Waals surface area contributed by atoms with Gasteiger partial charge in [0.05, 0.1) is 18.2 Å². The molecule has 1 aliphatic rings. The molecular formula is C19H19N3O4. The number of furan rings is 1. The molecule has 1 aromatic heterocycles. The van der Waals surface area contributed by atoms with Gasteiger partial charge >= 0.3 is 6.03 Å². The molecule has 1 unspecified atom stereocenters. The van der Waals surface area contributed by atoms with Crippen LogP contribution in [-0.2, 0) is 10.3 Å². The molecule has 0 bridgehead atoms. The molecule has 0 saturated carbocycles. The van der Waals surface area contributed by atoms with Crippen molar-refractivity contribution >= 4 is 11.9 Å². The highest BCUT2D eigenvalue weighted by Gasteiger charge is 2.50. The quantitative estimate of drug-likeness (QED) is 0.834. The third-order valence-corrected chi connectivity index (χ3v) is 4.42. The maximum atomic E-state index is 12.8. The number of nitriles is 1. The zero-order valence-electron chi connectivity index (χ0n) is 14.8. The summed E-state index contributed by atoms with van der Waals surface area (Å²) in [6.45, 7) is 5.51. The number of urea groups is 1. The average Bonchev–Trinajstić information content (AvgIpc) is 3.07. The van der Waals surface area contributed by atoms with Crippen LogP contribution in [0.4, 0.5) is 4.79 Å². The van der Waals surface area contributed by atoms with Gasteiger partial charge in [-0.25, -0.2) is 4.79 Å². The third-order valence-electron chi connectivity index (χ3n) is 4.42. The molecule has 1 saturated heterocycles. The second-order valence-electron chi connectivity index (χ2n) is 6.32. The van der Waals surface area contributed by atoms with E-state index in [-0.39, 0.29) is 19.1 Å². The largest absolute Gasteiger partial charge is 0.492 e. The van der Waals surface area contributed by atoms with Gasteiger partial charge in [0.1, 0.15) is 29.4 Å². The first-order valence-corrected chi connectivity index (χ1v) is 8.20. The monoisotopic (exact) mass is 353 g/mol. The Kier molecular flexibility index (Phi) is 4.43. The Labute approximate surface area is 151 Å². The van der Waals surface area contributed by atoms with Crippen LogP contribution in [0.25, 0.3) is 0 Å². The van der Waals surface area contributed by atoms with Crippen molar-refractivity contribution < 1.29 is 18.7 Å². The van der Waals surface area contributed by atoms with Crippen LogP contribution in [0.5, 0.6) is 5.75 Å². The Balaban J connectivity index is 1.67. The van der Waals surface area contributed by atoms with Gasteiger partial charge in [0.15, 0.2) is 0 Å². The number of nitrogens with one attached hydrogen (secondary N) is 1.